The van der Waals surface area contributed by atoms with Gasteiger partial charge in [-0.05, 0) is 136 Å². The second-order valence-electron chi connectivity index (χ2n) is 13.8. The van der Waals surface area contributed by atoms with Crippen molar-refractivity contribution in [1.29, 1.82) is 0 Å². The molecular weight excluding hydrogens is 757 g/mol. The molecular formula is C51H52O9. The van der Waals surface area contributed by atoms with Crippen LogP contribution >= 0.6 is 0 Å². The van der Waals surface area contributed by atoms with Crippen molar-refractivity contribution in [3.05, 3.63) is 142 Å². The molecule has 2 atom stereocenters. The molecule has 0 aliphatic heterocycles. The monoisotopic (exact) mass is 808 g/mol. The number of esters is 2. The lowest BCUT2D eigenvalue weighted by atomic mass is 10.0. The molecule has 9 nitrogen and oxygen atoms in total. The fraction of sp³-hybridized carbons (Fsp3) is 0.314. The largest absolute Gasteiger partial charge is 0.490 e. The summed E-state index contributed by atoms with van der Waals surface area (Å²) in [4.78, 5) is 37.9. The van der Waals surface area contributed by atoms with Crippen molar-refractivity contribution in [2.75, 3.05) is 39.6 Å². The first-order valence-electron chi connectivity index (χ1n) is 20.3. The zero-order valence-corrected chi connectivity index (χ0v) is 35.2. The molecule has 0 spiro atoms. The summed E-state index contributed by atoms with van der Waals surface area (Å²) in [7, 11) is 0. The maximum absolute atomic E-state index is 13.5. The Bertz CT molecular complexity index is 2150. The molecule has 1 aliphatic rings. The van der Waals surface area contributed by atoms with Crippen molar-refractivity contribution in [2.45, 2.75) is 66.6 Å². The first-order valence-corrected chi connectivity index (χ1v) is 20.3. The second-order valence-corrected chi connectivity index (χ2v) is 13.8. The quantitative estimate of drug-likeness (QED) is 0.0635. The molecule has 0 N–H and O–H groups in total. The van der Waals surface area contributed by atoms with Gasteiger partial charge in [0.05, 0.1) is 13.2 Å². The highest BCUT2D eigenvalue weighted by Gasteiger charge is 2.27. The third-order valence-corrected chi connectivity index (χ3v) is 9.43. The van der Waals surface area contributed by atoms with E-state index in [1.165, 1.54) is 0 Å². The molecule has 2 unspecified atom stereocenters. The summed E-state index contributed by atoms with van der Waals surface area (Å²) in [6, 6.07) is 26.6. The molecule has 4 aromatic rings. The normalized spacial score (nSPS) is 12.8. The number of allylic oxidation sites excluding steroid dienone is 2. The number of rotatable bonds is 18. The average molecular weight is 809 g/mol. The van der Waals surface area contributed by atoms with Crippen molar-refractivity contribution < 1.29 is 42.8 Å². The minimum absolute atomic E-state index is 0.0470. The zero-order valence-electron chi connectivity index (χ0n) is 35.2. The molecule has 310 valence electrons. The number of ether oxygens (including phenoxy) is 6. The van der Waals surface area contributed by atoms with Gasteiger partial charge in [-0.15, -0.1) is 0 Å². The van der Waals surface area contributed by atoms with Gasteiger partial charge in [-0.25, -0.2) is 9.59 Å². The fourth-order valence-electron chi connectivity index (χ4n) is 6.37. The molecule has 0 bridgehead atoms. The van der Waals surface area contributed by atoms with Crippen LogP contribution in [0.25, 0.3) is 11.1 Å². The van der Waals surface area contributed by atoms with Crippen LogP contribution in [-0.2, 0) is 41.4 Å². The molecule has 0 saturated carbocycles. The van der Waals surface area contributed by atoms with Crippen LogP contribution in [0.15, 0.2) is 108 Å². The van der Waals surface area contributed by atoms with Gasteiger partial charge >= 0.3 is 11.9 Å². The van der Waals surface area contributed by atoms with Gasteiger partial charge in [0.15, 0.2) is 18.0 Å². The van der Waals surface area contributed by atoms with Gasteiger partial charge in [0, 0.05) is 48.3 Å². The SMILES string of the molecule is CCOC(=O)C(Cc1ccc(OC/C=C(\C)C#Cc2ccc3c(c2)C(=O)c2cc(C#C/C(C)=C/COc4ccc(CC(OCC)C(=O)OCC)cc4)ccc2-3)cc1)OCC. The van der Waals surface area contributed by atoms with E-state index in [4.69, 9.17) is 28.4 Å². The number of carbonyl (C=O) groups excluding carboxylic acids is 3. The van der Waals surface area contributed by atoms with Crippen LogP contribution in [0.5, 0.6) is 11.5 Å². The molecule has 5 rings (SSSR count). The molecule has 0 radical (unpaired) electrons. The summed E-state index contributed by atoms with van der Waals surface area (Å²) < 4.78 is 33.2. The molecule has 4 aromatic carbocycles. The van der Waals surface area contributed by atoms with Gasteiger partial charge in [0.1, 0.15) is 24.7 Å². The Morgan fingerprint density at radius 3 is 1.32 bits per heavy atom. The Balaban J connectivity index is 1.12. The topological polar surface area (TPSA) is 107 Å². The van der Waals surface area contributed by atoms with Crippen LogP contribution < -0.4 is 9.47 Å². The number of hydrogen-bond donors (Lipinski definition) is 0. The summed E-state index contributed by atoms with van der Waals surface area (Å²) in [5, 5.41) is 0. The molecule has 9 heteroatoms. The Labute approximate surface area is 353 Å². The van der Waals surface area contributed by atoms with Gasteiger partial charge < -0.3 is 28.4 Å². The van der Waals surface area contributed by atoms with Crippen LogP contribution in [0.2, 0.25) is 0 Å². The summed E-state index contributed by atoms with van der Waals surface area (Å²) in [6.45, 7) is 13.2. The third kappa shape index (κ3) is 12.8. The minimum Gasteiger partial charge on any atom is -0.490 e. The highest BCUT2D eigenvalue weighted by atomic mass is 16.6. The lowest BCUT2D eigenvalue weighted by molar-refractivity contribution is -0.157. The average Bonchev–Trinajstić information content (AvgIpc) is 3.52. The van der Waals surface area contributed by atoms with Gasteiger partial charge in [0.2, 0.25) is 0 Å². The van der Waals surface area contributed by atoms with Crippen molar-refractivity contribution in [1.82, 2.24) is 0 Å². The Hall–Kier alpha value is -6.39. The fourth-order valence-corrected chi connectivity index (χ4v) is 6.37. The van der Waals surface area contributed by atoms with E-state index in [9.17, 15) is 14.4 Å². The van der Waals surface area contributed by atoms with E-state index >= 15 is 0 Å². The highest BCUT2D eigenvalue weighted by Crippen LogP contribution is 2.37. The molecule has 0 fully saturated rings. The summed E-state index contributed by atoms with van der Waals surface area (Å²) >= 11 is 0. The Morgan fingerprint density at radius 2 is 0.950 bits per heavy atom. The molecule has 0 amide bonds. The van der Waals surface area contributed by atoms with E-state index in [1.807, 2.05) is 125 Å². The van der Waals surface area contributed by atoms with Gasteiger partial charge in [0.25, 0.3) is 0 Å². The maximum Gasteiger partial charge on any atom is 0.335 e. The standard InChI is InChI=1S/C51H52O9/c1-7-55-47(50(53)57-9-3)33-39-15-21-41(22-16-39)59-29-27-35(5)11-13-37-19-25-43-44-26-20-38(32-46(44)49(52)45(43)31-37)14-12-36(6)28-30-60-42-23-17-40(18-24-42)34-48(56-8-2)51(54)58-10-4/h15-28,31-32,47-48H,7-10,29-30,33-34H2,1-6H3/b35-27+,36-28+. The van der Waals surface area contributed by atoms with Crippen LogP contribution in [-0.4, -0.2) is 69.6 Å². The first-order chi connectivity index (χ1) is 29.1. The molecule has 1 aliphatic carbocycles. The summed E-state index contributed by atoms with van der Waals surface area (Å²) in [6.07, 6.45) is 3.38. The molecule has 0 aromatic heterocycles. The molecule has 0 saturated heterocycles. The van der Waals surface area contributed by atoms with E-state index in [-0.39, 0.29) is 17.7 Å². The van der Waals surface area contributed by atoms with E-state index in [0.29, 0.717) is 75.1 Å². The van der Waals surface area contributed by atoms with Gasteiger partial charge in [-0.3, -0.25) is 4.79 Å². The molecule has 0 heterocycles. The number of fused-ring (bicyclic) bond motifs is 3. The Kier molecular flexibility index (Phi) is 16.9. The maximum atomic E-state index is 13.5. The van der Waals surface area contributed by atoms with Crippen molar-refractivity contribution in [2.24, 2.45) is 0 Å². The lowest BCUT2D eigenvalue weighted by Gasteiger charge is -2.15. The number of ketones is 1. The van der Waals surface area contributed by atoms with E-state index < -0.39 is 12.2 Å². The highest BCUT2D eigenvalue weighted by molar-refractivity contribution is 6.22. The van der Waals surface area contributed by atoms with E-state index in [0.717, 1.165) is 44.5 Å². The van der Waals surface area contributed by atoms with Crippen LogP contribution in [0.4, 0.5) is 0 Å². The van der Waals surface area contributed by atoms with Gasteiger partial charge in [-0.1, -0.05) is 60.1 Å². The second kappa shape index (κ2) is 22.7. The predicted octanol–water partition coefficient (Wildman–Crippen LogP) is 8.67. The van der Waals surface area contributed by atoms with E-state index in [2.05, 4.69) is 23.7 Å². The van der Waals surface area contributed by atoms with Gasteiger partial charge in [-0.2, -0.15) is 0 Å². The van der Waals surface area contributed by atoms with Crippen LogP contribution in [0, 0.1) is 23.7 Å². The lowest BCUT2D eigenvalue weighted by Crippen LogP contribution is -2.28. The number of benzene rings is 4. The van der Waals surface area contributed by atoms with Crippen molar-refractivity contribution in [3.8, 4) is 46.3 Å². The van der Waals surface area contributed by atoms with Crippen molar-refractivity contribution >= 4 is 17.7 Å². The Morgan fingerprint density at radius 1 is 0.550 bits per heavy atom. The number of hydrogen-bond acceptors (Lipinski definition) is 9. The zero-order chi connectivity index (χ0) is 42.9. The molecule has 60 heavy (non-hydrogen) atoms. The number of carbonyl (C=O) groups is 3. The predicted molar refractivity (Wildman–Crippen MR) is 232 cm³/mol. The minimum atomic E-state index is -0.638. The smallest absolute Gasteiger partial charge is 0.335 e. The van der Waals surface area contributed by atoms with Crippen LogP contribution in [0.3, 0.4) is 0 Å². The summed E-state index contributed by atoms with van der Waals surface area (Å²) in [5.74, 6) is 13.3. The van der Waals surface area contributed by atoms with E-state index in [1.54, 1.807) is 13.8 Å². The summed E-state index contributed by atoms with van der Waals surface area (Å²) in [5.41, 5.74) is 8.08. The third-order valence-electron chi connectivity index (χ3n) is 9.43. The van der Waals surface area contributed by atoms with Crippen LogP contribution in [0.1, 0.15) is 79.7 Å². The van der Waals surface area contributed by atoms with Crippen molar-refractivity contribution in [3.63, 3.8) is 0 Å². The first kappa shape index (κ1) is 44.7.